The molecule has 0 atom stereocenters. The second-order valence-electron chi connectivity index (χ2n) is 6.37. The van der Waals surface area contributed by atoms with Crippen molar-refractivity contribution in [1.29, 1.82) is 0 Å². The van der Waals surface area contributed by atoms with Crippen LogP contribution in [0.5, 0.6) is 5.75 Å². The maximum absolute atomic E-state index is 12.4. The molecular weight excluding hydrogens is 376 g/mol. The molecule has 8 nitrogen and oxygen atoms in total. The number of imide groups is 1. The summed E-state index contributed by atoms with van der Waals surface area (Å²) in [4.78, 5) is 49.4. The van der Waals surface area contributed by atoms with Crippen LogP contribution in [-0.4, -0.2) is 48.9 Å². The Morgan fingerprint density at radius 3 is 2.52 bits per heavy atom. The van der Waals surface area contributed by atoms with Crippen LogP contribution in [0.15, 0.2) is 48.5 Å². The van der Waals surface area contributed by atoms with Crippen molar-refractivity contribution in [2.45, 2.75) is 12.8 Å². The van der Waals surface area contributed by atoms with Crippen molar-refractivity contribution in [3.63, 3.8) is 0 Å². The van der Waals surface area contributed by atoms with E-state index in [1.165, 1.54) is 7.11 Å². The molecule has 2 aromatic rings. The van der Waals surface area contributed by atoms with E-state index in [4.69, 9.17) is 9.47 Å². The average molecular weight is 396 g/mol. The minimum atomic E-state index is -0.672. The lowest BCUT2D eigenvalue weighted by Crippen LogP contribution is -2.43. The fourth-order valence-corrected chi connectivity index (χ4v) is 2.92. The van der Waals surface area contributed by atoms with Crippen molar-refractivity contribution in [3.8, 4) is 5.75 Å². The van der Waals surface area contributed by atoms with Gasteiger partial charge in [0.05, 0.1) is 20.0 Å². The van der Waals surface area contributed by atoms with Gasteiger partial charge in [-0.3, -0.25) is 24.1 Å². The van der Waals surface area contributed by atoms with Crippen LogP contribution >= 0.6 is 0 Å². The second kappa shape index (κ2) is 9.01. The van der Waals surface area contributed by atoms with Gasteiger partial charge in [-0.2, -0.15) is 0 Å². The molecule has 0 saturated heterocycles. The first-order valence-electron chi connectivity index (χ1n) is 9.00. The first-order chi connectivity index (χ1) is 14.0. The number of methoxy groups -OCH3 is 1. The topological polar surface area (TPSA) is 102 Å². The number of rotatable bonds is 7. The van der Waals surface area contributed by atoms with Crippen LogP contribution in [0.25, 0.3) is 0 Å². The summed E-state index contributed by atoms with van der Waals surface area (Å²) in [6.45, 7) is -0.555. The Labute approximate surface area is 167 Å². The number of carbonyl (C=O) groups is 4. The van der Waals surface area contributed by atoms with E-state index in [9.17, 15) is 19.2 Å². The van der Waals surface area contributed by atoms with E-state index in [0.29, 0.717) is 22.6 Å². The Morgan fingerprint density at radius 2 is 1.79 bits per heavy atom. The van der Waals surface area contributed by atoms with Gasteiger partial charge in [-0.05, 0) is 35.9 Å². The summed E-state index contributed by atoms with van der Waals surface area (Å²) in [6.07, 6.45) is -0.0727. The SMILES string of the molecule is COc1ccc(NC(=O)COC(=O)CCN2C(=O)Cc3ccccc3C2=O)cc1. The fourth-order valence-electron chi connectivity index (χ4n) is 2.92. The van der Waals surface area contributed by atoms with Crippen LogP contribution in [0.4, 0.5) is 5.69 Å². The van der Waals surface area contributed by atoms with E-state index in [1.807, 2.05) is 0 Å². The van der Waals surface area contributed by atoms with Crippen molar-refractivity contribution < 1.29 is 28.7 Å². The van der Waals surface area contributed by atoms with Gasteiger partial charge in [0.25, 0.3) is 11.8 Å². The van der Waals surface area contributed by atoms with Crippen molar-refractivity contribution in [1.82, 2.24) is 4.90 Å². The van der Waals surface area contributed by atoms with E-state index in [0.717, 1.165) is 4.90 Å². The lowest BCUT2D eigenvalue weighted by Gasteiger charge is -2.26. The Hall–Kier alpha value is -3.68. The number of esters is 1. The maximum Gasteiger partial charge on any atom is 0.308 e. The molecule has 1 heterocycles. The largest absolute Gasteiger partial charge is 0.497 e. The molecule has 3 amide bonds. The van der Waals surface area contributed by atoms with Gasteiger partial charge < -0.3 is 14.8 Å². The summed E-state index contributed by atoms with van der Waals surface area (Å²) in [5.74, 6) is -1.31. The first kappa shape index (κ1) is 20.1. The van der Waals surface area contributed by atoms with Crippen LogP contribution in [0.2, 0.25) is 0 Å². The van der Waals surface area contributed by atoms with Crippen molar-refractivity contribution in [2.24, 2.45) is 0 Å². The van der Waals surface area contributed by atoms with Crippen LogP contribution in [0.1, 0.15) is 22.3 Å². The minimum absolute atomic E-state index is 0.0923. The number of nitrogens with zero attached hydrogens (tertiary/aromatic N) is 1. The number of nitrogens with one attached hydrogen (secondary N) is 1. The molecule has 0 radical (unpaired) electrons. The monoisotopic (exact) mass is 396 g/mol. The number of hydrogen-bond acceptors (Lipinski definition) is 6. The molecule has 3 rings (SSSR count). The van der Waals surface area contributed by atoms with Crippen LogP contribution in [0.3, 0.4) is 0 Å². The molecule has 2 aromatic carbocycles. The van der Waals surface area contributed by atoms with Gasteiger partial charge in [0, 0.05) is 17.8 Å². The number of anilines is 1. The zero-order chi connectivity index (χ0) is 20.8. The van der Waals surface area contributed by atoms with Gasteiger partial charge in [-0.25, -0.2) is 0 Å². The maximum atomic E-state index is 12.4. The predicted molar refractivity (Wildman–Crippen MR) is 103 cm³/mol. The Kier molecular flexibility index (Phi) is 6.23. The van der Waals surface area contributed by atoms with E-state index >= 15 is 0 Å². The molecule has 0 saturated carbocycles. The Morgan fingerprint density at radius 1 is 1.07 bits per heavy atom. The van der Waals surface area contributed by atoms with E-state index in [2.05, 4.69) is 5.32 Å². The molecule has 0 fully saturated rings. The quantitative estimate of drug-likeness (QED) is 0.566. The fraction of sp³-hybridized carbons (Fsp3) is 0.238. The van der Waals surface area contributed by atoms with Crippen LogP contribution in [0, 0.1) is 0 Å². The third-order valence-electron chi connectivity index (χ3n) is 4.41. The molecule has 29 heavy (non-hydrogen) atoms. The zero-order valence-electron chi connectivity index (χ0n) is 15.8. The molecule has 1 aliphatic heterocycles. The summed E-state index contributed by atoms with van der Waals surface area (Å²) >= 11 is 0. The molecule has 0 aromatic heterocycles. The van der Waals surface area contributed by atoms with Crippen LogP contribution < -0.4 is 10.1 Å². The highest BCUT2D eigenvalue weighted by molar-refractivity contribution is 6.09. The Balaban J connectivity index is 1.45. The average Bonchev–Trinajstić information content (AvgIpc) is 2.72. The van der Waals surface area contributed by atoms with Gasteiger partial charge in [-0.15, -0.1) is 0 Å². The van der Waals surface area contributed by atoms with Gasteiger partial charge in [0.2, 0.25) is 5.91 Å². The molecule has 0 unspecified atom stereocenters. The molecule has 0 bridgehead atoms. The van der Waals surface area contributed by atoms with Crippen molar-refractivity contribution in [2.75, 3.05) is 25.6 Å². The highest BCUT2D eigenvalue weighted by Gasteiger charge is 2.30. The number of benzene rings is 2. The molecule has 0 spiro atoms. The third kappa shape index (κ3) is 4.98. The molecule has 0 aliphatic carbocycles. The lowest BCUT2D eigenvalue weighted by atomic mass is 9.98. The number of ether oxygens (including phenoxy) is 2. The number of carbonyl (C=O) groups excluding carboxylic acids is 4. The molecule has 1 aliphatic rings. The highest BCUT2D eigenvalue weighted by Crippen LogP contribution is 2.20. The van der Waals surface area contributed by atoms with Gasteiger partial charge >= 0.3 is 5.97 Å². The van der Waals surface area contributed by atoms with Gasteiger partial charge in [0.1, 0.15) is 5.75 Å². The molecule has 8 heteroatoms. The molecule has 1 N–H and O–H groups in total. The number of fused-ring (bicyclic) bond motifs is 1. The zero-order valence-corrected chi connectivity index (χ0v) is 15.8. The first-order valence-corrected chi connectivity index (χ1v) is 9.00. The summed E-state index contributed by atoms with van der Waals surface area (Å²) in [5.41, 5.74) is 1.67. The van der Waals surface area contributed by atoms with Gasteiger partial charge in [-0.1, -0.05) is 18.2 Å². The summed E-state index contributed by atoms with van der Waals surface area (Å²) in [5, 5.41) is 2.59. The lowest BCUT2D eigenvalue weighted by molar-refractivity contribution is -0.147. The van der Waals surface area contributed by atoms with Gasteiger partial charge in [0.15, 0.2) is 6.61 Å². The summed E-state index contributed by atoms with van der Waals surface area (Å²) in [6, 6.07) is 13.6. The number of amides is 3. The summed E-state index contributed by atoms with van der Waals surface area (Å²) in [7, 11) is 1.54. The molecule has 150 valence electrons. The number of hydrogen-bond donors (Lipinski definition) is 1. The van der Waals surface area contributed by atoms with Crippen LogP contribution in [-0.2, 0) is 25.5 Å². The third-order valence-corrected chi connectivity index (χ3v) is 4.41. The summed E-state index contributed by atoms with van der Waals surface area (Å²) < 4.78 is 9.96. The van der Waals surface area contributed by atoms with Crippen molar-refractivity contribution in [3.05, 3.63) is 59.7 Å². The van der Waals surface area contributed by atoms with E-state index < -0.39 is 24.4 Å². The van der Waals surface area contributed by atoms with Crippen molar-refractivity contribution >= 4 is 29.4 Å². The van der Waals surface area contributed by atoms with E-state index in [-0.39, 0.29) is 25.3 Å². The standard InChI is InChI=1S/C21H20N2O6/c1-28-16-8-6-15(7-9-16)22-18(24)13-29-20(26)10-11-23-19(25)12-14-4-2-3-5-17(14)21(23)27/h2-9H,10-13H2,1H3,(H,22,24). The minimum Gasteiger partial charge on any atom is -0.497 e. The molecular formula is C21H20N2O6. The highest BCUT2D eigenvalue weighted by atomic mass is 16.5. The predicted octanol–water partition coefficient (Wildman–Crippen LogP) is 1.79. The second-order valence-corrected chi connectivity index (χ2v) is 6.37. The smallest absolute Gasteiger partial charge is 0.308 e. The van der Waals surface area contributed by atoms with E-state index in [1.54, 1.807) is 48.5 Å². The normalized spacial score (nSPS) is 12.9. The Bertz CT molecular complexity index is 938.